The summed E-state index contributed by atoms with van der Waals surface area (Å²) in [6.07, 6.45) is 0. The third kappa shape index (κ3) is 4.21. The summed E-state index contributed by atoms with van der Waals surface area (Å²) in [6, 6.07) is 60.6. The topological polar surface area (TPSA) is 43.6 Å². The molecule has 54 heavy (non-hydrogen) atoms. The first-order valence-electron chi connectivity index (χ1n) is 18.2. The molecule has 250 valence electrons. The Morgan fingerprint density at radius 2 is 1.00 bits per heavy atom. The van der Waals surface area contributed by atoms with Gasteiger partial charge < -0.3 is 4.57 Å². The Morgan fingerprint density at radius 1 is 0.389 bits per heavy atom. The molecule has 5 heteroatoms. The van der Waals surface area contributed by atoms with Crippen molar-refractivity contribution in [1.29, 1.82) is 0 Å². The van der Waals surface area contributed by atoms with Gasteiger partial charge in [0, 0.05) is 58.9 Å². The van der Waals surface area contributed by atoms with Crippen LogP contribution in [0.15, 0.2) is 170 Å². The fourth-order valence-electron chi connectivity index (χ4n) is 8.65. The van der Waals surface area contributed by atoms with Crippen LogP contribution in [0.5, 0.6) is 0 Å². The number of rotatable bonds is 4. The van der Waals surface area contributed by atoms with Gasteiger partial charge in [-0.3, -0.25) is 0 Å². The van der Waals surface area contributed by atoms with Crippen LogP contribution in [0.1, 0.15) is 0 Å². The first kappa shape index (κ1) is 29.6. The van der Waals surface area contributed by atoms with Gasteiger partial charge in [0.25, 0.3) is 0 Å². The zero-order valence-corrected chi connectivity index (χ0v) is 29.7. The highest BCUT2D eigenvalue weighted by molar-refractivity contribution is 7.26. The van der Waals surface area contributed by atoms with Crippen LogP contribution in [0.25, 0.3) is 115 Å². The van der Waals surface area contributed by atoms with Gasteiger partial charge in [0.05, 0.1) is 11.0 Å². The molecule has 8 aromatic carbocycles. The van der Waals surface area contributed by atoms with Crippen molar-refractivity contribution in [3.63, 3.8) is 0 Å². The largest absolute Gasteiger partial charge is 0.309 e. The lowest BCUT2D eigenvalue weighted by molar-refractivity contribution is 1.07. The van der Waals surface area contributed by atoms with Crippen LogP contribution >= 0.6 is 11.3 Å². The highest BCUT2D eigenvalue weighted by Gasteiger charge is 2.28. The Bertz CT molecular complexity index is 3250. The molecule has 11 aromatic rings. The Balaban J connectivity index is 1.13. The summed E-state index contributed by atoms with van der Waals surface area (Å²) in [5.41, 5.74) is 11.5. The van der Waals surface area contributed by atoms with Gasteiger partial charge in [-0.15, -0.1) is 11.3 Å². The average molecular weight is 705 g/mol. The van der Waals surface area contributed by atoms with Gasteiger partial charge in [0.1, 0.15) is 0 Å². The van der Waals surface area contributed by atoms with Crippen molar-refractivity contribution in [2.24, 2.45) is 0 Å². The van der Waals surface area contributed by atoms with Crippen molar-refractivity contribution >= 4 is 64.1 Å². The van der Waals surface area contributed by atoms with Crippen molar-refractivity contribution in [3.05, 3.63) is 170 Å². The van der Waals surface area contributed by atoms with Crippen LogP contribution in [0.3, 0.4) is 0 Å². The number of hydrogen-bond donors (Lipinski definition) is 0. The highest BCUT2D eigenvalue weighted by Crippen LogP contribution is 2.54. The quantitative estimate of drug-likeness (QED) is 0.183. The molecule has 0 aliphatic heterocycles. The molecule has 0 unspecified atom stereocenters. The van der Waals surface area contributed by atoms with E-state index < -0.39 is 0 Å². The zero-order valence-electron chi connectivity index (χ0n) is 28.9. The normalized spacial score (nSPS) is 12.1. The van der Waals surface area contributed by atoms with E-state index in [0.717, 1.165) is 22.4 Å². The number of thiophene rings is 1. The SMILES string of the molecule is c1ccc(-c2nc(-c3ccccc3)nc(-c3ccc(-n4c5cc6sc7ccccc7c6c6c5c5c7c(cccc7ccc54)-c4ccccc4-6)cc3)n2)cc1. The van der Waals surface area contributed by atoms with E-state index in [1.165, 1.54) is 75.0 Å². The van der Waals surface area contributed by atoms with E-state index in [2.05, 4.69) is 114 Å². The van der Waals surface area contributed by atoms with Crippen molar-refractivity contribution in [2.45, 2.75) is 0 Å². The van der Waals surface area contributed by atoms with Crippen LogP contribution in [-0.2, 0) is 0 Å². The first-order chi connectivity index (χ1) is 26.8. The van der Waals surface area contributed by atoms with Crippen LogP contribution in [-0.4, -0.2) is 19.5 Å². The molecule has 3 heterocycles. The fourth-order valence-corrected chi connectivity index (χ4v) is 9.79. The number of benzene rings is 8. The van der Waals surface area contributed by atoms with E-state index >= 15 is 0 Å². The molecule has 0 radical (unpaired) electrons. The molecule has 0 spiro atoms. The Labute approximate surface area is 314 Å². The number of fused-ring (bicyclic) bond motifs is 7. The van der Waals surface area contributed by atoms with Crippen molar-refractivity contribution in [1.82, 2.24) is 19.5 Å². The predicted molar refractivity (Wildman–Crippen MR) is 225 cm³/mol. The second kappa shape index (κ2) is 11.3. The second-order valence-corrected chi connectivity index (χ2v) is 15.0. The van der Waals surface area contributed by atoms with Gasteiger partial charge in [0.2, 0.25) is 0 Å². The summed E-state index contributed by atoms with van der Waals surface area (Å²) in [7, 11) is 0. The van der Waals surface area contributed by atoms with E-state index in [4.69, 9.17) is 15.0 Å². The molecule has 1 aliphatic carbocycles. The Kier molecular flexibility index (Phi) is 6.18. The molecule has 4 nitrogen and oxygen atoms in total. The number of aromatic nitrogens is 4. The standard InChI is InChI=1S/C49H28N4S/c1-3-12-30(13-4-1)47-50-48(31-14-5-2-6-15-31)52-49(51-47)32-22-25-33(26-23-32)53-38-27-24-29-16-11-20-35-34-17-7-8-18-36(34)44-43-37-19-9-10-21-40(37)54-41(43)28-39(53)46(44)45(38)42(29)35/h1-28H. The maximum absolute atomic E-state index is 5.00. The predicted octanol–water partition coefficient (Wildman–Crippen LogP) is 13.1. The molecule has 12 rings (SSSR count). The molecule has 0 saturated carbocycles. The Hall–Kier alpha value is -6.95. The number of hydrogen-bond acceptors (Lipinski definition) is 4. The van der Waals surface area contributed by atoms with Crippen LogP contribution < -0.4 is 0 Å². The third-order valence-corrected chi connectivity index (χ3v) is 12.1. The minimum absolute atomic E-state index is 0.646. The molecule has 1 aliphatic rings. The number of nitrogens with zero attached hydrogens (tertiary/aromatic N) is 4. The first-order valence-corrected chi connectivity index (χ1v) is 19.0. The highest BCUT2D eigenvalue weighted by atomic mass is 32.1. The lowest BCUT2D eigenvalue weighted by atomic mass is 9.91. The van der Waals surface area contributed by atoms with Crippen LogP contribution in [0.4, 0.5) is 0 Å². The molecule has 0 bridgehead atoms. The van der Waals surface area contributed by atoms with Crippen molar-refractivity contribution < 1.29 is 0 Å². The fraction of sp³-hybridized carbons (Fsp3) is 0. The van der Waals surface area contributed by atoms with Crippen molar-refractivity contribution in [3.8, 4) is 62.1 Å². The van der Waals surface area contributed by atoms with E-state index in [1.54, 1.807) is 0 Å². The summed E-state index contributed by atoms with van der Waals surface area (Å²) in [5, 5.41) is 7.84. The Morgan fingerprint density at radius 3 is 1.72 bits per heavy atom. The van der Waals surface area contributed by atoms with E-state index in [0.29, 0.717) is 17.5 Å². The summed E-state index contributed by atoms with van der Waals surface area (Å²) < 4.78 is 5.07. The minimum Gasteiger partial charge on any atom is -0.309 e. The molecule has 0 fully saturated rings. The smallest absolute Gasteiger partial charge is 0.164 e. The van der Waals surface area contributed by atoms with Gasteiger partial charge in [-0.25, -0.2) is 15.0 Å². The molecular weight excluding hydrogens is 677 g/mol. The van der Waals surface area contributed by atoms with Gasteiger partial charge in [-0.2, -0.15) is 0 Å². The van der Waals surface area contributed by atoms with Gasteiger partial charge in [-0.1, -0.05) is 127 Å². The molecule has 0 N–H and O–H groups in total. The summed E-state index contributed by atoms with van der Waals surface area (Å²) >= 11 is 1.88. The molecule has 0 atom stereocenters. The lowest BCUT2D eigenvalue weighted by Gasteiger charge is -2.15. The maximum atomic E-state index is 5.00. The molecule has 0 saturated heterocycles. The van der Waals surface area contributed by atoms with Crippen LogP contribution in [0.2, 0.25) is 0 Å². The van der Waals surface area contributed by atoms with Gasteiger partial charge in [-0.05, 0) is 69.9 Å². The third-order valence-electron chi connectivity index (χ3n) is 11.0. The van der Waals surface area contributed by atoms with E-state index in [-0.39, 0.29) is 0 Å². The van der Waals surface area contributed by atoms with Gasteiger partial charge >= 0.3 is 0 Å². The maximum Gasteiger partial charge on any atom is 0.164 e. The summed E-state index contributed by atoms with van der Waals surface area (Å²) in [4.78, 5) is 14.9. The summed E-state index contributed by atoms with van der Waals surface area (Å²) in [5.74, 6) is 1.96. The van der Waals surface area contributed by atoms with Crippen LogP contribution in [0, 0.1) is 0 Å². The molecular formula is C49H28N4S. The van der Waals surface area contributed by atoms with Gasteiger partial charge in [0.15, 0.2) is 17.5 Å². The van der Waals surface area contributed by atoms with E-state index in [9.17, 15) is 0 Å². The monoisotopic (exact) mass is 704 g/mol. The zero-order chi connectivity index (χ0) is 35.3. The summed E-state index contributed by atoms with van der Waals surface area (Å²) in [6.45, 7) is 0. The molecule has 0 amide bonds. The average Bonchev–Trinajstić information content (AvgIpc) is 3.74. The molecule has 3 aromatic heterocycles. The van der Waals surface area contributed by atoms with E-state index in [1.807, 2.05) is 72.0 Å². The lowest BCUT2D eigenvalue weighted by Crippen LogP contribution is -2.00. The second-order valence-electron chi connectivity index (χ2n) is 13.9. The van der Waals surface area contributed by atoms with Crippen molar-refractivity contribution in [2.75, 3.05) is 0 Å². The minimum atomic E-state index is 0.646.